The topological polar surface area (TPSA) is 32.8 Å². The molecule has 0 saturated carbocycles. The Labute approximate surface area is 111 Å². The van der Waals surface area contributed by atoms with Crippen molar-refractivity contribution in [2.75, 3.05) is 33.2 Å². The third-order valence-corrected chi connectivity index (χ3v) is 3.38. The summed E-state index contributed by atoms with van der Waals surface area (Å²) in [6.07, 6.45) is 4.23. The van der Waals surface area contributed by atoms with Gasteiger partial charge in [0.1, 0.15) is 0 Å². The Morgan fingerprint density at radius 1 is 1.22 bits per heavy atom. The second-order valence-corrected chi connectivity index (χ2v) is 4.71. The van der Waals surface area contributed by atoms with Gasteiger partial charge in [0.2, 0.25) is 5.91 Å². The maximum atomic E-state index is 11.2. The first kappa shape index (κ1) is 15.2. The van der Waals surface area contributed by atoms with Crippen LogP contribution in [-0.4, -0.2) is 61.1 Å². The Bertz CT molecular complexity index is 267. The third-order valence-electron chi connectivity index (χ3n) is 3.38. The summed E-state index contributed by atoms with van der Waals surface area (Å²) in [5.41, 5.74) is 0. The van der Waals surface area contributed by atoms with Gasteiger partial charge in [0.15, 0.2) is 0 Å². The summed E-state index contributed by atoms with van der Waals surface area (Å²) < 4.78 is 5.95. The number of nitrogens with zero attached hydrogens (tertiary/aromatic N) is 2. The van der Waals surface area contributed by atoms with Crippen LogP contribution in [-0.2, 0) is 9.53 Å². The average Bonchev–Trinajstić information content (AvgIpc) is 2.37. The molecular weight excluding hydrogens is 228 g/mol. The molecule has 4 nitrogen and oxygen atoms in total. The van der Waals surface area contributed by atoms with Crippen LogP contribution in [0.1, 0.15) is 26.7 Å². The number of ether oxygens (including phenoxy) is 1. The number of amides is 1. The molecule has 1 amide bonds. The lowest BCUT2D eigenvalue weighted by Gasteiger charge is -2.41. The van der Waals surface area contributed by atoms with Crippen molar-refractivity contribution in [1.29, 1.82) is 0 Å². The highest BCUT2D eigenvalue weighted by atomic mass is 16.5. The Morgan fingerprint density at radius 2 is 1.78 bits per heavy atom. The van der Waals surface area contributed by atoms with Crippen LogP contribution in [0.15, 0.2) is 12.7 Å². The molecule has 4 heteroatoms. The van der Waals surface area contributed by atoms with Gasteiger partial charge >= 0.3 is 0 Å². The number of carbonyl (C=O) groups is 1. The van der Waals surface area contributed by atoms with Crippen LogP contribution in [0.2, 0.25) is 0 Å². The Kier molecular flexibility index (Phi) is 6.36. The van der Waals surface area contributed by atoms with Crippen molar-refractivity contribution in [3.8, 4) is 0 Å². The Hall–Kier alpha value is -0.870. The predicted molar refractivity (Wildman–Crippen MR) is 73.5 cm³/mol. The molecule has 0 radical (unpaired) electrons. The maximum absolute atomic E-state index is 11.2. The summed E-state index contributed by atoms with van der Waals surface area (Å²) in [4.78, 5) is 15.3. The molecular formula is C14H26N2O2. The molecule has 0 aromatic rings. The molecule has 0 aromatic heterocycles. The molecule has 104 valence electrons. The van der Waals surface area contributed by atoms with Gasteiger partial charge in [-0.05, 0) is 26.0 Å². The van der Waals surface area contributed by atoms with Crippen molar-refractivity contribution in [2.24, 2.45) is 0 Å². The number of carbonyl (C=O) groups excluding carboxylic acids is 1. The first-order chi connectivity index (χ1) is 8.69. The summed E-state index contributed by atoms with van der Waals surface area (Å²) in [6.45, 7) is 11.2. The Balaban J connectivity index is 0.000000771. The zero-order valence-electron chi connectivity index (χ0n) is 11.9. The average molecular weight is 254 g/mol. The van der Waals surface area contributed by atoms with Crippen molar-refractivity contribution in [3.63, 3.8) is 0 Å². The van der Waals surface area contributed by atoms with Crippen LogP contribution in [0.5, 0.6) is 0 Å². The van der Waals surface area contributed by atoms with Crippen molar-refractivity contribution >= 4 is 5.91 Å². The zero-order chi connectivity index (χ0) is 13.5. The van der Waals surface area contributed by atoms with E-state index >= 15 is 0 Å². The highest BCUT2D eigenvalue weighted by molar-refractivity contribution is 5.87. The number of hydrogen-bond donors (Lipinski definition) is 0. The quantitative estimate of drug-likeness (QED) is 0.716. The normalized spacial score (nSPS) is 21.8. The van der Waals surface area contributed by atoms with Gasteiger partial charge in [-0.15, -0.1) is 0 Å². The number of piperidine rings is 1. The Morgan fingerprint density at radius 3 is 2.28 bits per heavy atom. The minimum Gasteiger partial charge on any atom is -0.371 e. The summed E-state index contributed by atoms with van der Waals surface area (Å²) in [5.74, 6) is 0.0169. The first-order valence-electron chi connectivity index (χ1n) is 6.94. The van der Waals surface area contributed by atoms with E-state index in [1.165, 1.54) is 6.08 Å². The van der Waals surface area contributed by atoms with Gasteiger partial charge in [-0.3, -0.25) is 4.79 Å². The van der Waals surface area contributed by atoms with Gasteiger partial charge in [0, 0.05) is 26.2 Å². The molecule has 0 spiro atoms. The van der Waals surface area contributed by atoms with E-state index in [1.807, 2.05) is 13.8 Å². The van der Waals surface area contributed by atoms with E-state index in [9.17, 15) is 4.79 Å². The fourth-order valence-corrected chi connectivity index (χ4v) is 2.23. The van der Waals surface area contributed by atoms with Gasteiger partial charge in [-0.2, -0.15) is 0 Å². The molecule has 18 heavy (non-hydrogen) atoms. The summed E-state index contributed by atoms with van der Waals surface area (Å²) in [6, 6.07) is 0. The van der Waals surface area contributed by atoms with Gasteiger partial charge in [0.25, 0.3) is 0 Å². The van der Waals surface area contributed by atoms with Crippen LogP contribution < -0.4 is 0 Å². The highest BCUT2D eigenvalue weighted by Crippen LogP contribution is 2.19. The molecule has 2 heterocycles. The second-order valence-electron chi connectivity index (χ2n) is 4.71. The molecule has 0 atom stereocenters. The van der Waals surface area contributed by atoms with Crippen LogP contribution in [0.4, 0.5) is 0 Å². The van der Waals surface area contributed by atoms with E-state index in [0.717, 1.165) is 39.0 Å². The summed E-state index contributed by atoms with van der Waals surface area (Å²) in [5, 5.41) is 0. The van der Waals surface area contributed by atoms with E-state index < -0.39 is 0 Å². The molecule has 2 saturated heterocycles. The smallest absolute Gasteiger partial charge is 0.246 e. The number of likely N-dealkylation sites (tertiary alicyclic amines) is 2. The predicted octanol–water partition coefficient (Wildman–Crippen LogP) is 1.52. The molecule has 2 fully saturated rings. The van der Waals surface area contributed by atoms with Gasteiger partial charge in [0.05, 0.1) is 12.2 Å². The first-order valence-corrected chi connectivity index (χ1v) is 6.94. The van der Waals surface area contributed by atoms with E-state index in [-0.39, 0.29) is 12.0 Å². The standard InChI is InChI=1S/C12H20N2O2.C2H6/c1-3-12(15)14-8-11(9-14)16-10-4-6-13(2)7-5-10;1-2/h3,10-11H,1,4-9H2,2H3;1-2H3. The SMILES string of the molecule is C=CC(=O)N1CC(OC2CCN(C)CC2)C1.CC. The monoisotopic (exact) mass is 254 g/mol. The van der Waals surface area contributed by atoms with Crippen molar-refractivity contribution < 1.29 is 9.53 Å². The summed E-state index contributed by atoms with van der Waals surface area (Å²) in [7, 11) is 2.14. The number of hydrogen-bond acceptors (Lipinski definition) is 3. The molecule has 0 bridgehead atoms. The van der Waals surface area contributed by atoms with Crippen LogP contribution in [0.25, 0.3) is 0 Å². The number of rotatable bonds is 3. The molecule has 0 aromatic carbocycles. The molecule has 0 N–H and O–H groups in total. The molecule has 2 aliphatic heterocycles. The van der Waals surface area contributed by atoms with Crippen LogP contribution in [0.3, 0.4) is 0 Å². The lowest BCUT2D eigenvalue weighted by Crippen LogP contribution is -2.55. The van der Waals surface area contributed by atoms with Crippen LogP contribution in [0, 0.1) is 0 Å². The van der Waals surface area contributed by atoms with E-state index in [2.05, 4.69) is 18.5 Å². The fraction of sp³-hybridized carbons (Fsp3) is 0.786. The lowest BCUT2D eigenvalue weighted by molar-refractivity contribution is -0.147. The van der Waals surface area contributed by atoms with Gasteiger partial charge in [-0.1, -0.05) is 20.4 Å². The maximum Gasteiger partial charge on any atom is 0.246 e. The zero-order valence-corrected chi connectivity index (χ0v) is 11.9. The largest absolute Gasteiger partial charge is 0.371 e. The summed E-state index contributed by atoms with van der Waals surface area (Å²) >= 11 is 0. The van der Waals surface area contributed by atoms with E-state index in [0.29, 0.717) is 6.10 Å². The minimum absolute atomic E-state index is 0.0169. The van der Waals surface area contributed by atoms with Crippen molar-refractivity contribution in [2.45, 2.75) is 38.9 Å². The fourth-order valence-electron chi connectivity index (χ4n) is 2.23. The molecule has 2 aliphatic rings. The van der Waals surface area contributed by atoms with Gasteiger partial charge < -0.3 is 14.5 Å². The molecule has 2 rings (SSSR count). The molecule has 0 unspecified atom stereocenters. The second kappa shape index (κ2) is 7.54. The highest BCUT2D eigenvalue weighted by Gasteiger charge is 2.32. The third kappa shape index (κ3) is 4.10. The van der Waals surface area contributed by atoms with Crippen molar-refractivity contribution in [3.05, 3.63) is 12.7 Å². The van der Waals surface area contributed by atoms with Crippen LogP contribution >= 0.6 is 0 Å². The van der Waals surface area contributed by atoms with Gasteiger partial charge in [-0.25, -0.2) is 0 Å². The minimum atomic E-state index is 0.0169. The lowest BCUT2D eigenvalue weighted by atomic mass is 10.1. The van der Waals surface area contributed by atoms with E-state index in [1.54, 1.807) is 4.90 Å². The van der Waals surface area contributed by atoms with E-state index in [4.69, 9.17) is 4.74 Å². The molecule has 0 aliphatic carbocycles. The van der Waals surface area contributed by atoms with Crippen molar-refractivity contribution in [1.82, 2.24) is 9.80 Å².